The van der Waals surface area contributed by atoms with Crippen molar-refractivity contribution in [2.24, 2.45) is 0 Å². The highest BCUT2D eigenvalue weighted by Crippen LogP contribution is 2.34. The van der Waals surface area contributed by atoms with Crippen LogP contribution in [0.2, 0.25) is 5.02 Å². The van der Waals surface area contributed by atoms with Crippen molar-refractivity contribution in [3.8, 4) is 5.69 Å². The summed E-state index contributed by atoms with van der Waals surface area (Å²) < 4.78 is 3.74. The summed E-state index contributed by atoms with van der Waals surface area (Å²) in [6.45, 7) is 1.96. The maximum Gasteiger partial charge on any atom is 0.268 e. The molecule has 6 nitrogen and oxygen atoms in total. The summed E-state index contributed by atoms with van der Waals surface area (Å²) in [5.74, 6) is 1.40. The van der Waals surface area contributed by atoms with Crippen LogP contribution in [0.15, 0.2) is 64.5 Å². The summed E-state index contributed by atoms with van der Waals surface area (Å²) in [4.78, 5) is 17.6. The van der Waals surface area contributed by atoms with Gasteiger partial charge in [-0.2, -0.15) is 0 Å². The Hall–Kier alpha value is -2.65. The van der Waals surface area contributed by atoms with Crippen molar-refractivity contribution >= 4 is 50.7 Å². The first-order valence-electron chi connectivity index (χ1n) is 11.3. The van der Waals surface area contributed by atoms with Crippen LogP contribution in [-0.2, 0) is 19.4 Å². The van der Waals surface area contributed by atoms with Gasteiger partial charge in [-0.15, -0.1) is 21.5 Å². The van der Waals surface area contributed by atoms with Crippen LogP contribution in [0.3, 0.4) is 0 Å². The molecular formula is C25H23ClN5OS2+. The molecule has 9 heteroatoms. The molecule has 172 valence electrons. The number of halogens is 1. The summed E-state index contributed by atoms with van der Waals surface area (Å²) in [5, 5.41) is 11.2. The van der Waals surface area contributed by atoms with Crippen molar-refractivity contribution < 1.29 is 4.90 Å². The van der Waals surface area contributed by atoms with Gasteiger partial charge in [-0.05, 0) is 35.7 Å². The number of thiophene rings is 1. The van der Waals surface area contributed by atoms with E-state index >= 15 is 0 Å². The minimum absolute atomic E-state index is 0.0462. The van der Waals surface area contributed by atoms with Gasteiger partial charge in [0, 0.05) is 17.2 Å². The Kier molecular flexibility index (Phi) is 5.69. The number of aryl methyl sites for hydroxylation is 1. The molecule has 1 aliphatic rings. The van der Waals surface area contributed by atoms with E-state index in [1.165, 1.54) is 20.9 Å². The Morgan fingerprint density at radius 2 is 2.00 bits per heavy atom. The Labute approximate surface area is 209 Å². The lowest BCUT2D eigenvalue weighted by atomic mass is 10.1. The summed E-state index contributed by atoms with van der Waals surface area (Å²) >= 11 is 9.68. The fraction of sp³-hybridized carbons (Fsp3) is 0.240. The predicted molar refractivity (Wildman–Crippen MR) is 139 cm³/mol. The van der Waals surface area contributed by atoms with Gasteiger partial charge < -0.3 is 4.90 Å². The lowest BCUT2D eigenvalue weighted by Crippen LogP contribution is -3.08. The number of likely N-dealkylation sites (N-methyl/N-ethyl adjacent to an activating group) is 1. The number of aromatic nitrogens is 4. The number of benzene rings is 2. The second-order valence-electron chi connectivity index (χ2n) is 8.64. The molecule has 1 unspecified atom stereocenters. The molecule has 0 saturated heterocycles. The number of hydrogen-bond donors (Lipinski definition) is 1. The largest absolute Gasteiger partial charge is 0.333 e. The average Bonchev–Trinajstić information content (AvgIpc) is 3.41. The van der Waals surface area contributed by atoms with Crippen molar-refractivity contribution in [1.29, 1.82) is 0 Å². The molecule has 0 bridgehead atoms. The second-order valence-corrected chi connectivity index (χ2v) is 11.2. The van der Waals surface area contributed by atoms with Crippen LogP contribution < -0.4 is 10.5 Å². The molecule has 1 aliphatic heterocycles. The van der Waals surface area contributed by atoms with E-state index in [4.69, 9.17) is 11.6 Å². The highest BCUT2D eigenvalue weighted by Gasteiger charge is 2.28. The summed E-state index contributed by atoms with van der Waals surface area (Å²) in [7, 11) is 2.21. The van der Waals surface area contributed by atoms with Gasteiger partial charge >= 0.3 is 0 Å². The number of nitrogens with zero attached hydrogens (tertiary/aromatic N) is 4. The molecule has 6 rings (SSSR count). The van der Waals surface area contributed by atoms with E-state index in [1.54, 1.807) is 27.7 Å². The average molecular weight is 509 g/mol. The van der Waals surface area contributed by atoms with E-state index < -0.39 is 0 Å². The van der Waals surface area contributed by atoms with E-state index in [0.29, 0.717) is 16.5 Å². The SMILES string of the molecule is C[NH+]1CCc2c(sc3c2c(=O)n(-c2cccc(Cl)c2)c2nnc(SCCc4ccccc4)n32)C1. The van der Waals surface area contributed by atoms with Gasteiger partial charge in [0.1, 0.15) is 11.4 Å². The first kappa shape index (κ1) is 21.9. The Balaban J connectivity index is 1.54. The van der Waals surface area contributed by atoms with Crippen LogP contribution in [0.4, 0.5) is 0 Å². The topological polar surface area (TPSA) is 56.6 Å². The van der Waals surface area contributed by atoms with Crippen LogP contribution in [0.1, 0.15) is 16.0 Å². The van der Waals surface area contributed by atoms with Crippen molar-refractivity contribution in [3.05, 3.63) is 86.0 Å². The summed E-state index contributed by atoms with van der Waals surface area (Å²) in [6, 6.07) is 17.8. The number of rotatable bonds is 5. The van der Waals surface area contributed by atoms with Gasteiger partial charge in [0.2, 0.25) is 5.78 Å². The number of nitrogens with one attached hydrogen (secondary N) is 1. The maximum absolute atomic E-state index is 13.9. The number of quaternary nitrogens is 1. The molecule has 5 aromatic rings. The van der Waals surface area contributed by atoms with Gasteiger partial charge in [0.15, 0.2) is 5.16 Å². The van der Waals surface area contributed by atoms with E-state index in [9.17, 15) is 4.79 Å². The van der Waals surface area contributed by atoms with E-state index in [0.717, 1.165) is 47.1 Å². The van der Waals surface area contributed by atoms with Crippen molar-refractivity contribution in [2.45, 2.75) is 24.5 Å². The molecule has 4 heterocycles. The molecule has 0 amide bonds. The quantitative estimate of drug-likeness (QED) is 0.368. The third-order valence-corrected chi connectivity index (χ3v) is 8.69. The van der Waals surface area contributed by atoms with Crippen LogP contribution >= 0.6 is 34.7 Å². The molecule has 0 spiro atoms. The molecule has 3 aromatic heterocycles. The highest BCUT2D eigenvalue weighted by molar-refractivity contribution is 7.99. The van der Waals surface area contributed by atoms with Gasteiger partial charge in [0.05, 0.1) is 29.5 Å². The van der Waals surface area contributed by atoms with Gasteiger partial charge in [-0.1, -0.05) is 59.8 Å². The number of hydrogen-bond acceptors (Lipinski definition) is 5. The molecule has 1 atom stereocenters. The third-order valence-electron chi connectivity index (χ3n) is 6.30. The van der Waals surface area contributed by atoms with Crippen molar-refractivity contribution in [1.82, 2.24) is 19.2 Å². The molecule has 0 aliphatic carbocycles. The summed E-state index contributed by atoms with van der Waals surface area (Å²) in [5.41, 5.74) is 3.14. The third kappa shape index (κ3) is 3.75. The van der Waals surface area contributed by atoms with Crippen LogP contribution in [-0.4, -0.2) is 38.5 Å². The minimum Gasteiger partial charge on any atom is -0.333 e. The first-order valence-corrected chi connectivity index (χ1v) is 13.5. The molecular weight excluding hydrogens is 486 g/mol. The zero-order valence-electron chi connectivity index (χ0n) is 18.6. The van der Waals surface area contributed by atoms with Crippen LogP contribution in [0.25, 0.3) is 21.7 Å². The van der Waals surface area contributed by atoms with Crippen LogP contribution in [0, 0.1) is 0 Å². The number of thioether (sulfide) groups is 1. The molecule has 0 fully saturated rings. The van der Waals surface area contributed by atoms with Gasteiger partial charge in [-0.3, -0.25) is 4.79 Å². The molecule has 0 radical (unpaired) electrons. The fourth-order valence-electron chi connectivity index (χ4n) is 4.62. The Bertz CT molecular complexity index is 1570. The molecule has 0 saturated carbocycles. The standard InChI is InChI=1S/C25H22ClN5OS2/c1-29-12-10-19-20(15-29)34-23-21(19)22(32)30(18-9-5-8-17(26)14-18)24-27-28-25(31(23)24)33-13-11-16-6-3-2-4-7-16/h2-9,14H,10-13,15H2,1H3/p+1. The zero-order valence-corrected chi connectivity index (χ0v) is 21.0. The summed E-state index contributed by atoms with van der Waals surface area (Å²) in [6.07, 6.45) is 1.84. The molecule has 2 aromatic carbocycles. The Morgan fingerprint density at radius 3 is 2.82 bits per heavy atom. The van der Waals surface area contributed by atoms with Crippen molar-refractivity contribution in [3.63, 3.8) is 0 Å². The van der Waals surface area contributed by atoms with Gasteiger partial charge in [0.25, 0.3) is 5.56 Å². The smallest absolute Gasteiger partial charge is 0.268 e. The predicted octanol–water partition coefficient (Wildman–Crippen LogP) is 3.65. The molecule has 34 heavy (non-hydrogen) atoms. The zero-order chi connectivity index (χ0) is 23.2. The first-order chi connectivity index (χ1) is 16.6. The fourth-order valence-corrected chi connectivity index (χ4v) is 7.23. The van der Waals surface area contributed by atoms with E-state index in [-0.39, 0.29) is 5.56 Å². The van der Waals surface area contributed by atoms with E-state index in [2.05, 4.69) is 45.9 Å². The van der Waals surface area contributed by atoms with Gasteiger partial charge in [-0.25, -0.2) is 8.97 Å². The van der Waals surface area contributed by atoms with E-state index in [1.807, 2.05) is 30.3 Å². The second kappa shape index (κ2) is 8.85. The number of fused-ring (bicyclic) bond motifs is 5. The van der Waals surface area contributed by atoms with Crippen molar-refractivity contribution in [2.75, 3.05) is 19.3 Å². The lowest BCUT2D eigenvalue weighted by molar-refractivity contribution is -0.895. The normalized spacial score (nSPS) is 15.8. The lowest BCUT2D eigenvalue weighted by Gasteiger charge is -2.19. The van der Waals surface area contributed by atoms with Crippen LogP contribution in [0.5, 0.6) is 0 Å². The Morgan fingerprint density at radius 1 is 1.15 bits per heavy atom. The monoisotopic (exact) mass is 508 g/mol. The minimum atomic E-state index is -0.0462. The highest BCUT2D eigenvalue weighted by atomic mass is 35.5. The maximum atomic E-state index is 13.9. The molecule has 1 N–H and O–H groups in total.